The van der Waals surface area contributed by atoms with Gasteiger partial charge in [-0.2, -0.15) is 0 Å². The molecule has 0 aromatic carbocycles. The van der Waals surface area contributed by atoms with Crippen molar-refractivity contribution < 1.29 is 14.2 Å². The zero-order valence-corrected chi connectivity index (χ0v) is 12.4. The van der Waals surface area contributed by atoms with Crippen molar-refractivity contribution in [3.8, 4) is 0 Å². The van der Waals surface area contributed by atoms with Gasteiger partial charge in [0.25, 0.3) is 0 Å². The molecule has 0 spiro atoms. The van der Waals surface area contributed by atoms with E-state index in [9.17, 15) is 0 Å². The van der Waals surface area contributed by atoms with Crippen LogP contribution in [0.5, 0.6) is 0 Å². The van der Waals surface area contributed by atoms with Crippen molar-refractivity contribution in [3.05, 3.63) is 0 Å². The highest BCUT2D eigenvalue weighted by molar-refractivity contribution is 4.61. The number of nitrogens with one attached hydrogen (secondary N) is 1. The van der Waals surface area contributed by atoms with Gasteiger partial charge in [0.2, 0.25) is 0 Å². The normalized spacial score (nSPS) is 13.2. The zero-order valence-electron chi connectivity index (χ0n) is 12.4. The van der Waals surface area contributed by atoms with E-state index in [0.717, 1.165) is 26.1 Å². The fourth-order valence-electron chi connectivity index (χ4n) is 1.40. The molecule has 5 nitrogen and oxygen atoms in total. The molecule has 0 aromatic rings. The largest absolute Gasteiger partial charge is 0.382 e. The van der Waals surface area contributed by atoms with Crippen LogP contribution in [-0.4, -0.2) is 78.3 Å². The summed E-state index contributed by atoms with van der Waals surface area (Å²) in [6.45, 7) is 7.52. The summed E-state index contributed by atoms with van der Waals surface area (Å²) in [5.74, 6) is 0. The van der Waals surface area contributed by atoms with Gasteiger partial charge < -0.3 is 24.4 Å². The minimum atomic E-state index is 0.536. The molecule has 0 saturated heterocycles. The summed E-state index contributed by atoms with van der Waals surface area (Å²) >= 11 is 0. The fourth-order valence-corrected chi connectivity index (χ4v) is 1.40. The van der Waals surface area contributed by atoms with E-state index in [0.29, 0.717) is 32.5 Å². The Morgan fingerprint density at radius 3 is 2.22 bits per heavy atom. The van der Waals surface area contributed by atoms with Gasteiger partial charge in [0, 0.05) is 19.7 Å². The quantitative estimate of drug-likeness (QED) is 0.492. The molecule has 0 amide bonds. The third-order valence-corrected chi connectivity index (χ3v) is 2.55. The lowest BCUT2D eigenvalue weighted by Crippen LogP contribution is -2.32. The van der Waals surface area contributed by atoms with Crippen LogP contribution in [0.4, 0.5) is 0 Å². The van der Waals surface area contributed by atoms with Gasteiger partial charge >= 0.3 is 0 Å². The molecule has 0 fully saturated rings. The van der Waals surface area contributed by atoms with Crippen LogP contribution in [0.25, 0.3) is 0 Å². The van der Waals surface area contributed by atoms with Gasteiger partial charge in [0.1, 0.15) is 0 Å². The van der Waals surface area contributed by atoms with Crippen molar-refractivity contribution in [2.45, 2.75) is 19.4 Å². The average Bonchev–Trinajstić information content (AvgIpc) is 2.34. The third-order valence-electron chi connectivity index (χ3n) is 2.55. The van der Waals surface area contributed by atoms with Crippen LogP contribution in [0.3, 0.4) is 0 Å². The lowest BCUT2D eigenvalue weighted by atomic mass is 10.2. The molecule has 110 valence electrons. The molecule has 0 aliphatic rings. The number of hydrogen-bond acceptors (Lipinski definition) is 5. The van der Waals surface area contributed by atoms with Crippen LogP contribution in [-0.2, 0) is 14.2 Å². The Labute approximate surface area is 112 Å². The van der Waals surface area contributed by atoms with Crippen molar-refractivity contribution in [1.82, 2.24) is 10.2 Å². The van der Waals surface area contributed by atoms with Crippen LogP contribution in [0.15, 0.2) is 0 Å². The predicted molar refractivity (Wildman–Crippen MR) is 74.1 cm³/mol. The molecule has 0 radical (unpaired) electrons. The summed E-state index contributed by atoms with van der Waals surface area (Å²) in [6, 6.07) is 0.536. The molecule has 18 heavy (non-hydrogen) atoms. The summed E-state index contributed by atoms with van der Waals surface area (Å²) in [4.78, 5) is 2.20. The number of ether oxygens (including phenoxy) is 3. The number of methoxy groups -OCH3 is 1. The van der Waals surface area contributed by atoms with Gasteiger partial charge in [0.05, 0.1) is 33.0 Å². The van der Waals surface area contributed by atoms with Crippen LogP contribution in [0.1, 0.15) is 13.3 Å². The molecule has 1 atom stereocenters. The van der Waals surface area contributed by atoms with E-state index in [4.69, 9.17) is 14.2 Å². The monoisotopic (exact) mass is 262 g/mol. The molecule has 0 aliphatic carbocycles. The highest BCUT2D eigenvalue weighted by Gasteiger charge is 2.01. The molecule has 0 bridgehead atoms. The van der Waals surface area contributed by atoms with E-state index >= 15 is 0 Å². The highest BCUT2D eigenvalue weighted by atomic mass is 16.5. The second-order valence-corrected chi connectivity index (χ2v) is 4.66. The van der Waals surface area contributed by atoms with Crippen molar-refractivity contribution in [1.29, 1.82) is 0 Å². The maximum absolute atomic E-state index is 5.45. The molecular formula is C13H30N2O3. The van der Waals surface area contributed by atoms with Crippen molar-refractivity contribution in [2.24, 2.45) is 0 Å². The SMILES string of the molecule is COCCOCCOCCNC(C)CCN(C)C. The molecular weight excluding hydrogens is 232 g/mol. The molecule has 0 saturated carbocycles. The Morgan fingerprint density at radius 2 is 1.61 bits per heavy atom. The second kappa shape index (κ2) is 13.2. The van der Waals surface area contributed by atoms with Crippen LogP contribution >= 0.6 is 0 Å². The van der Waals surface area contributed by atoms with Gasteiger partial charge in [-0.05, 0) is 34.0 Å². The first-order chi connectivity index (χ1) is 8.66. The molecule has 0 heterocycles. The fraction of sp³-hybridized carbons (Fsp3) is 1.00. The first kappa shape index (κ1) is 17.8. The van der Waals surface area contributed by atoms with Gasteiger partial charge in [0.15, 0.2) is 0 Å². The Morgan fingerprint density at radius 1 is 1.00 bits per heavy atom. The van der Waals surface area contributed by atoms with Crippen LogP contribution in [0, 0.1) is 0 Å². The van der Waals surface area contributed by atoms with E-state index in [-0.39, 0.29) is 0 Å². The van der Waals surface area contributed by atoms with Gasteiger partial charge in [-0.25, -0.2) is 0 Å². The summed E-state index contributed by atoms with van der Waals surface area (Å²) in [7, 11) is 5.86. The smallest absolute Gasteiger partial charge is 0.0701 e. The summed E-state index contributed by atoms with van der Waals surface area (Å²) < 4.78 is 15.6. The molecule has 0 rings (SSSR count). The van der Waals surface area contributed by atoms with Crippen molar-refractivity contribution >= 4 is 0 Å². The number of rotatable bonds is 13. The van der Waals surface area contributed by atoms with E-state index in [2.05, 4.69) is 31.2 Å². The van der Waals surface area contributed by atoms with E-state index in [1.54, 1.807) is 7.11 Å². The van der Waals surface area contributed by atoms with E-state index in [1.165, 1.54) is 0 Å². The van der Waals surface area contributed by atoms with E-state index < -0.39 is 0 Å². The summed E-state index contributed by atoms with van der Waals surface area (Å²) in [5.41, 5.74) is 0. The Kier molecular flexibility index (Phi) is 13.1. The minimum absolute atomic E-state index is 0.536. The van der Waals surface area contributed by atoms with Gasteiger partial charge in [-0.1, -0.05) is 0 Å². The molecule has 0 aromatic heterocycles. The summed E-state index contributed by atoms with van der Waals surface area (Å²) in [5, 5.41) is 3.44. The topological polar surface area (TPSA) is 43.0 Å². The molecule has 5 heteroatoms. The minimum Gasteiger partial charge on any atom is -0.382 e. The first-order valence-electron chi connectivity index (χ1n) is 6.69. The maximum atomic E-state index is 5.45. The summed E-state index contributed by atoms with van der Waals surface area (Å²) in [6.07, 6.45) is 1.16. The molecule has 1 unspecified atom stereocenters. The lowest BCUT2D eigenvalue weighted by Gasteiger charge is -2.16. The van der Waals surface area contributed by atoms with Crippen molar-refractivity contribution in [3.63, 3.8) is 0 Å². The standard InChI is InChI=1S/C13H30N2O3/c1-13(5-7-15(2)3)14-6-8-17-11-12-18-10-9-16-4/h13-14H,5-12H2,1-4H3. The van der Waals surface area contributed by atoms with Gasteiger partial charge in [-0.3, -0.25) is 0 Å². The Hall–Kier alpha value is -0.200. The van der Waals surface area contributed by atoms with Crippen LogP contribution in [0.2, 0.25) is 0 Å². The highest BCUT2D eigenvalue weighted by Crippen LogP contribution is 1.91. The molecule has 0 aliphatic heterocycles. The van der Waals surface area contributed by atoms with Crippen molar-refractivity contribution in [2.75, 3.05) is 67.3 Å². The first-order valence-corrected chi connectivity index (χ1v) is 6.69. The number of nitrogens with zero attached hydrogens (tertiary/aromatic N) is 1. The predicted octanol–water partition coefficient (Wildman–Crippen LogP) is 0.596. The Balaban J connectivity index is 3.10. The maximum Gasteiger partial charge on any atom is 0.0701 e. The van der Waals surface area contributed by atoms with Gasteiger partial charge in [-0.15, -0.1) is 0 Å². The number of hydrogen-bond donors (Lipinski definition) is 1. The second-order valence-electron chi connectivity index (χ2n) is 4.66. The van der Waals surface area contributed by atoms with Crippen LogP contribution < -0.4 is 5.32 Å². The Bertz CT molecular complexity index is 168. The molecule has 1 N–H and O–H groups in total. The van der Waals surface area contributed by atoms with E-state index in [1.807, 2.05) is 0 Å². The lowest BCUT2D eigenvalue weighted by molar-refractivity contribution is 0.0252. The third kappa shape index (κ3) is 13.9. The average molecular weight is 262 g/mol. The zero-order chi connectivity index (χ0) is 13.6.